The van der Waals surface area contributed by atoms with E-state index in [-0.39, 0.29) is 6.04 Å². The van der Waals surface area contributed by atoms with Crippen molar-refractivity contribution >= 4 is 5.91 Å². The van der Waals surface area contributed by atoms with Crippen LogP contribution in [0.15, 0.2) is 12.4 Å². The lowest BCUT2D eigenvalue weighted by atomic mass is 9.96. The van der Waals surface area contributed by atoms with Crippen molar-refractivity contribution in [3.8, 4) is 0 Å². The summed E-state index contributed by atoms with van der Waals surface area (Å²) in [7, 11) is 1.35. The van der Waals surface area contributed by atoms with Crippen LogP contribution in [-0.2, 0) is 17.4 Å². The van der Waals surface area contributed by atoms with E-state index in [9.17, 15) is 23.1 Å². The van der Waals surface area contributed by atoms with Gasteiger partial charge in [-0.1, -0.05) is 25.7 Å². The lowest BCUT2D eigenvalue weighted by Crippen LogP contribution is -2.49. The maximum Gasteiger partial charge on any atom is 0.425 e. The molecule has 0 spiro atoms. The second-order valence-corrected chi connectivity index (χ2v) is 6.15. The van der Waals surface area contributed by atoms with E-state index in [1.54, 1.807) is 0 Å². The van der Waals surface area contributed by atoms with Gasteiger partial charge in [0.05, 0.1) is 6.42 Å². The van der Waals surface area contributed by atoms with Gasteiger partial charge in [-0.2, -0.15) is 13.2 Å². The fraction of sp³-hybridized carbons (Fsp3) is 0.733. The lowest BCUT2D eigenvalue weighted by Gasteiger charge is -2.30. The van der Waals surface area contributed by atoms with Crippen molar-refractivity contribution in [3.63, 3.8) is 0 Å². The van der Waals surface area contributed by atoms with Gasteiger partial charge in [-0.25, -0.2) is 4.98 Å². The summed E-state index contributed by atoms with van der Waals surface area (Å²) in [5, 5.41) is 12.8. The van der Waals surface area contributed by atoms with Gasteiger partial charge in [-0.15, -0.1) is 0 Å². The second kappa shape index (κ2) is 6.90. The number of alkyl halides is 3. The third kappa shape index (κ3) is 4.04. The topological polar surface area (TPSA) is 67.1 Å². The van der Waals surface area contributed by atoms with Crippen molar-refractivity contribution in [2.75, 3.05) is 0 Å². The van der Waals surface area contributed by atoms with Crippen molar-refractivity contribution in [1.29, 1.82) is 0 Å². The lowest BCUT2D eigenvalue weighted by molar-refractivity contribution is -0.271. The molecule has 1 atom stereocenters. The highest BCUT2D eigenvalue weighted by Crippen LogP contribution is 2.40. The highest BCUT2D eigenvalue weighted by Gasteiger charge is 2.58. The first-order chi connectivity index (χ1) is 10.7. The molecule has 1 fully saturated rings. The number of carbonyl (C=O) groups excluding carboxylic acids is 1. The minimum absolute atomic E-state index is 0.121. The number of hydrogen-bond donors (Lipinski definition) is 2. The molecule has 1 saturated carbocycles. The van der Waals surface area contributed by atoms with Crippen LogP contribution in [0.25, 0.3) is 0 Å². The van der Waals surface area contributed by atoms with Gasteiger partial charge >= 0.3 is 6.18 Å². The highest BCUT2D eigenvalue weighted by molar-refractivity contribution is 5.77. The van der Waals surface area contributed by atoms with E-state index in [1.165, 1.54) is 13.2 Å². The van der Waals surface area contributed by atoms with Crippen LogP contribution in [0, 0.1) is 0 Å². The average Bonchev–Trinajstić information content (AvgIpc) is 2.71. The number of carbonyl (C=O) groups is 1. The van der Waals surface area contributed by atoms with Crippen LogP contribution in [-0.4, -0.2) is 32.8 Å². The predicted octanol–water partition coefficient (Wildman–Crippen LogP) is 2.40. The standard InChI is InChI=1S/C15H22F3N3O2/c1-21-9-8-19-13(21)14(23,15(16,17)18)10-12(22)20-11-6-4-2-3-5-7-11/h8-9,11,23H,2-7,10H2,1H3,(H,20,22). The van der Waals surface area contributed by atoms with Crippen LogP contribution < -0.4 is 5.32 Å². The van der Waals surface area contributed by atoms with E-state index < -0.39 is 29.9 Å². The summed E-state index contributed by atoms with van der Waals surface area (Å²) < 4.78 is 41.2. The number of imidazole rings is 1. The Hall–Kier alpha value is -1.57. The van der Waals surface area contributed by atoms with Crippen LogP contribution in [0.4, 0.5) is 13.2 Å². The van der Waals surface area contributed by atoms with Gasteiger partial charge in [0.1, 0.15) is 0 Å². The maximum absolute atomic E-state index is 13.4. The number of halogens is 3. The van der Waals surface area contributed by atoms with Gasteiger partial charge in [0.25, 0.3) is 0 Å². The maximum atomic E-state index is 13.4. The van der Waals surface area contributed by atoms with Crippen LogP contribution >= 0.6 is 0 Å². The molecule has 0 aromatic carbocycles. The summed E-state index contributed by atoms with van der Waals surface area (Å²) in [5.74, 6) is -1.39. The molecular weight excluding hydrogens is 311 g/mol. The molecule has 5 nitrogen and oxygen atoms in total. The molecule has 0 radical (unpaired) electrons. The molecule has 1 unspecified atom stereocenters. The fourth-order valence-corrected chi connectivity index (χ4v) is 3.00. The predicted molar refractivity (Wildman–Crippen MR) is 77.4 cm³/mol. The van der Waals surface area contributed by atoms with Crippen molar-refractivity contribution in [3.05, 3.63) is 18.2 Å². The van der Waals surface area contributed by atoms with Crippen molar-refractivity contribution < 1.29 is 23.1 Å². The zero-order chi connectivity index (χ0) is 17.1. The molecule has 1 aliphatic carbocycles. The number of amides is 1. The van der Waals surface area contributed by atoms with Gasteiger partial charge in [0, 0.05) is 25.5 Å². The monoisotopic (exact) mass is 333 g/mol. The van der Waals surface area contributed by atoms with E-state index in [2.05, 4.69) is 10.3 Å². The highest BCUT2D eigenvalue weighted by atomic mass is 19.4. The Morgan fingerprint density at radius 2 is 1.96 bits per heavy atom. The molecule has 1 aliphatic rings. The fourth-order valence-electron chi connectivity index (χ4n) is 3.00. The Morgan fingerprint density at radius 3 is 2.43 bits per heavy atom. The van der Waals surface area contributed by atoms with Crippen molar-refractivity contribution in [2.24, 2.45) is 7.05 Å². The van der Waals surface area contributed by atoms with E-state index in [1.807, 2.05) is 0 Å². The smallest absolute Gasteiger partial charge is 0.374 e. The van der Waals surface area contributed by atoms with Gasteiger partial charge in [-0.3, -0.25) is 4.79 Å². The summed E-state index contributed by atoms with van der Waals surface area (Å²) >= 11 is 0. The first-order valence-corrected chi connectivity index (χ1v) is 7.80. The molecule has 130 valence electrons. The second-order valence-electron chi connectivity index (χ2n) is 6.15. The zero-order valence-electron chi connectivity index (χ0n) is 13.1. The molecule has 2 rings (SSSR count). The molecule has 1 aromatic heterocycles. The van der Waals surface area contributed by atoms with Gasteiger partial charge < -0.3 is 15.0 Å². The number of aromatic nitrogens is 2. The largest absolute Gasteiger partial charge is 0.425 e. The van der Waals surface area contributed by atoms with E-state index in [4.69, 9.17) is 0 Å². The normalized spacial score (nSPS) is 19.9. The SMILES string of the molecule is Cn1ccnc1C(O)(CC(=O)NC1CCCCCC1)C(F)(F)F. The molecular formula is C15H22F3N3O2. The molecule has 0 saturated heterocycles. The number of aryl methyl sites for hydroxylation is 1. The molecule has 0 bridgehead atoms. The minimum atomic E-state index is -4.99. The summed E-state index contributed by atoms with van der Waals surface area (Å²) in [6, 6.07) is -0.121. The van der Waals surface area contributed by atoms with Gasteiger partial charge in [0.15, 0.2) is 5.82 Å². The minimum Gasteiger partial charge on any atom is -0.374 e. The first kappa shape index (κ1) is 17.8. The first-order valence-electron chi connectivity index (χ1n) is 7.80. The average molecular weight is 333 g/mol. The number of rotatable bonds is 4. The summed E-state index contributed by atoms with van der Waals surface area (Å²) in [5.41, 5.74) is -3.29. The molecule has 1 aromatic rings. The van der Waals surface area contributed by atoms with Crippen molar-refractivity contribution in [2.45, 2.75) is 62.8 Å². The van der Waals surface area contributed by atoms with E-state index in [0.29, 0.717) is 0 Å². The Balaban J connectivity index is 2.12. The Morgan fingerprint density at radius 1 is 1.35 bits per heavy atom. The quantitative estimate of drug-likeness (QED) is 0.832. The number of hydrogen-bond acceptors (Lipinski definition) is 3. The van der Waals surface area contributed by atoms with Crippen LogP contribution in [0.3, 0.4) is 0 Å². The van der Waals surface area contributed by atoms with Crippen LogP contribution in [0.2, 0.25) is 0 Å². The zero-order valence-corrected chi connectivity index (χ0v) is 13.1. The van der Waals surface area contributed by atoms with Gasteiger partial charge in [-0.05, 0) is 12.8 Å². The van der Waals surface area contributed by atoms with Crippen LogP contribution in [0.1, 0.15) is 50.8 Å². The molecule has 2 N–H and O–H groups in total. The Labute approximate surface area is 132 Å². The summed E-state index contributed by atoms with van der Waals surface area (Å²) in [6.07, 6.45) is 1.96. The number of nitrogens with one attached hydrogen (secondary N) is 1. The molecule has 1 amide bonds. The molecule has 1 heterocycles. The Kier molecular flexibility index (Phi) is 5.33. The van der Waals surface area contributed by atoms with E-state index in [0.717, 1.165) is 49.3 Å². The van der Waals surface area contributed by atoms with Gasteiger partial charge in [0.2, 0.25) is 11.5 Å². The van der Waals surface area contributed by atoms with Crippen molar-refractivity contribution in [1.82, 2.24) is 14.9 Å². The number of aliphatic hydroxyl groups is 1. The third-order valence-corrected chi connectivity index (χ3v) is 4.30. The molecule has 0 aliphatic heterocycles. The summed E-state index contributed by atoms with van der Waals surface area (Å²) in [4.78, 5) is 15.7. The Bertz CT molecular complexity index is 536. The number of nitrogens with zero attached hydrogens (tertiary/aromatic N) is 2. The summed E-state index contributed by atoms with van der Waals surface area (Å²) in [6.45, 7) is 0. The van der Waals surface area contributed by atoms with E-state index >= 15 is 0 Å². The molecule has 8 heteroatoms. The van der Waals surface area contributed by atoms with Crippen LogP contribution in [0.5, 0.6) is 0 Å². The molecule has 23 heavy (non-hydrogen) atoms. The third-order valence-electron chi connectivity index (χ3n) is 4.30.